The Morgan fingerprint density at radius 3 is 2.00 bits per heavy atom. The number of aromatic carboxylic acids is 1. The lowest BCUT2D eigenvalue weighted by molar-refractivity contribution is 0.0701. The number of nitrogens with zero attached hydrogens (tertiary/aromatic N) is 2. The minimum Gasteiger partial charge on any atom is -0.477 e. The molecule has 1 aliphatic rings. The fraction of sp³-hybridized carbons (Fsp3) is 0.238. The predicted octanol–water partition coefficient (Wildman–Crippen LogP) is 4.93. The summed E-state index contributed by atoms with van der Waals surface area (Å²) in [5.41, 5.74) is 3.31. The standard InChI is InChI=1S/C21H20N2O2S/c24-21(25)19-18(17-11-12-17)20(22-26-19)23(13-15-7-3-1-4-8-15)14-16-9-5-2-6-10-16/h1-10,17H,11-14H2,(H,24,25). The monoisotopic (exact) mass is 364 g/mol. The molecular formula is C21H20N2O2S. The zero-order valence-electron chi connectivity index (χ0n) is 14.3. The van der Waals surface area contributed by atoms with Crippen molar-refractivity contribution in [3.63, 3.8) is 0 Å². The number of carbonyl (C=O) groups is 1. The van der Waals surface area contributed by atoms with E-state index < -0.39 is 5.97 Å². The van der Waals surface area contributed by atoms with Gasteiger partial charge in [-0.3, -0.25) is 0 Å². The molecule has 0 amide bonds. The summed E-state index contributed by atoms with van der Waals surface area (Å²) in [6, 6.07) is 20.5. The molecule has 26 heavy (non-hydrogen) atoms. The summed E-state index contributed by atoms with van der Waals surface area (Å²) in [5, 5.41) is 9.57. The van der Waals surface area contributed by atoms with Crippen molar-refractivity contribution in [2.24, 2.45) is 0 Å². The summed E-state index contributed by atoms with van der Waals surface area (Å²) in [6.07, 6.45) is 2.10. The quantitative estimate of drug-likeness (QED) is 0.646. The lowest BCUT2D eigenvalue weighted by atomic mass is 10.1. The Morgan fingerprint density at radius 1 is 1.00 bits per heavy atom. The molecule has 1 saturated carbocycles. The van der Waals surface area contributed by atoms with Gasteiger partial charge in [0.2, 0.25) is 0 Å². The van der Waals surface area contributed by atoms with E-state index in [0.717, 1.165) is 35.8 Å². The van der Waals surface area contributed by atoms with Gasteiger partial charge in [0.25, 0.3) is 0 Å². The highest BCUT2D eigenvalue weighted by molar-refractivity contribution is 7.08. The summed E-state index contributed by atoms with van der Waals surface area (Å²) in [4.78, 5) is 14.3. The van der Waals surface area contributed by atoms with E-state index in [1.165, 1.54) is 11.1 Å². The van der Waals surface area contributed by atoms with Crippen LogP contribution in [0, 0.1) is 0 Å². The van der Waals surface area contributed by atoms with Crippen molar-refractivity contribution < 1.29 is 9.90 Å². The highest BCUT2D eigenvalue weighted by Crippen LogP contribution is 2.47. The lowest BCUT2D eigenvalue weighted by Crippen LogP contribution is -2.23. The molecule has 0 bridgehead atoms. The molecule has 0 spiro atoms. The zero-order chi connectivity index (χ0) is 17.9. The summed E-state index contributed by atoms with van der Waals surface area (Å²) < 4.78 is 4.58. The van der Waals surface area contributed by atoms with Crippen LogP contribution in [0.2, 0.25) is 0 Å². The van der Waals surface area contributed by atoms with Crippen molar-refractivity contribution in [3.05, 3.63) is 82.2 Å². The third-order valence-electron chi connectivity index (χ3n) is 4.62. The van der Waals surface area contributed by atoms with E-state index in [9.17, 15) is 9.90 Å². The van der Waals surface area contributed by atoms with Crippen LogP contribution in [0.3, 0.4) is 0 Å². The van der Waals surface area contributed by atoms with Gasteiger partial charge in [0.1, 0.15) is 10.7 Å². The van der Waals surface area contributed by atoms with Crippen molar-refractivity contribution in [2.75, 3.05) is 4.90 Å². The summed E-state index contributed by atoms with van der Waals surface area (Å²) in [7, 11) is 0. The summed E-state index contributed by atoms with van der Waals surface area (Å²) in [6.45, 7) is 1.41. The van der Waals surface area contributed by atoms with Crippen LogP contribution >= 0.6 is 11.5 Å². The normalized spacial score (nSPS) is 13.5. The van der Waals surface area contributed by atoms with Crippen molar-refractivity contribution in [2.45, 2.75) is 31.8 Å². The van der Waals surface area contributed by atoms with E-state index in [1.54, 1.807) is 0 Å². The summed E-state index contributed by atoms with van der Waals surface area (Å²) >= 11 is 1.11. The van der Waals surface area contributed by atoms with Crippen molar-refractivity contribution in [1.82, 2.24) is 4.37 Å². The second kappa shape index (κ2) is 7.30. The molecule has 0 radical (unpaired) electrons. The predicted molar refractivity (Wildman–Crippen MR) is 104 cm³/mol. The number of carboxylic acid groups (broad SMARTS) is 1. The molecule has 0 unspecified atom stereocenters. The van der Waals surface area contributed by atoms with Crippen molar-refractivity contribution in [3.8, 4) is 0 Å². The molecule has 0 aliphatic heterocycles. The molecule has 5 heteroatoms. The Bertz CT molecular complexity index is 847. The van der Waals surface area contributed by atoms with E-state index >= 15 is 0 Å². The fourth-order valence-electron chi connectivity index (χ4n) is 3.22. The lowest BCUT2D eigenvalue weighted by Gasteiger charge is -2.24. The van der Waals surface area contributed by atoms with Gasteiger partial charge in [0.05, 0.1) is 0 Å². The molecule has 3 aromatic rings. The van der Waals surface area contributed by atoms with Gasteiger partial charge in [-0.15, -0.1) is 0 Å². The number of benzene rings is 2. The van der Waals surface area contributed by atoms with Gasteiger partial charge in [-0.05, 0) is 41.4 Å². The molecule has 132 valence electrons. The third kappa shape index (κ3) is 3.63. The van der Waals surface area contributed by atoms with Crippen molar-refractivity contribution in [1.29, 1.82) is 0 Å². The molecule has 1 heterocycles. The van der Waals surface area contributed by atoms with Gasteiger partial charge in [-0.25, -0.2) is 4.79 Å². The SMILES string of the molecule is O=C(O)c1snc(N(Cc2ccccc2)Cc2ccccc2)c1C1CC1. The second-order valence-electron chi connectivity index (χ2n) is 6.66. The maximum absolute atomic E-state index is 11.7. The van der Waals surface area contributed by atoms with Crippen LogP contribution in [0.5, 0.6) is 0 Å². The highest BCUT2D eigenvalue weighted by atomic mass is 32.1. The Kier molecular flexibility index (Phi) is 4.71. The van der Waals surface area contributed by atoms with Gasteiger partial charge < -0.3 is 10.0 Å². The van der Waals surface area contributed by atoms with Gasteiger partial charge >= 0.3 is 5.97 Å². The van der Waals surface area contributed by atoms with Crippen LogP contribution in [-0.4, -0.2) is 15.4 Å². The minimum atomic E-state index is -0.866. The maximum Gasteiger partial charge on any atom is 0.347 e. The van der Waals surface area contributed by atoms with E-state index in [2.05, 4.69) is 33.5 Å². The van der Waals surface area contributed by atoms with Crippen LogP contribution in [0.4, 0.5) is 5.82 Å². The van der Waals surface area contributed by atoms with Gasteiger partial charge in [0, 0.05) is 18.7 Å². The summed E-state index contributed by atoms with van der Waals surface area (Å²) in [5.74, 6) is 0.307. The molecule has 1 N–H and O–H groups in total. The Morgan fingerprint density at radius 2 is 1.54 bits per heavy atom. The van der Waals surface area contributed by atoms with Gasteiger partial charge in [-0.1, -0.05) is 60.7 Å². The zero-order valence-corrected chi connectivity index (χ0v) is 15.2. The van der Waals surface area contributed by atoms with Crippen LogP contribution in [0.25, 0.3) is 0 Å². The number of aromatic nitrogens is 1. The molecule has 0 atom stereocenters. The number of carboxylic acids is 1. The van der Waals surface area contributed by atoms with E-state index in [1.807, 2.05) is 36.4 Å². The van der Waals surface area contributed by atoms with E-state index in [4.69, 9.17) is 0 Å². The van der Waals surface area contributed by atoms with Gasteiger partial charge in [-0.2, -0.15) is 4.37 Å². The van der Waals surface area contributed by atoms with Crippen LogP contribution in [0.1, 0.15) is 45.1 Å². The number of rotatable bonds is 7. The smallest absolute Gasteiger partial charge is 0.347 e. The van der Waals surface area contributed by atoms with Crippen LogP contribution in [0.15, 0.2) is 60.7 Å². The van der Waals surface area contributed by atoms with E-state index in [0.29, 0.717) is 23.9 Å². The Labute approximate surface area is 156 Å². The Hall–Kier alpha value is -2.66. The molecular weight excluding hydrogens is 344 g/mol. The molecule has 1 aromatic heterocycles. The highest BCUT2D eigenvalue weighted by Gasteiger charge is 2.35. The molecule has 0 saturated heterocycles. The first-order valence-corrected chi connectivity index (χ1v) is 9.55. The van der Waals surface area contributed by atoms with Gasteiger partial charge in [0.15, 0.2) is 0 Å². The number of anilines is 1. The first kappa shape index (κ1) is 16.8. The largest absolute Gasteiger partial charge is 0.477 e. The topological polar surface area (TPSA) is 53.4 Å². The molecule has 4 nitrogen and oxygen atoms in total. The molecule has 1 aliphatic carbocycles. The first-order valence-electron chi connectivity index (χ1n) is 8.78. The first-order chi connectivity index (χ1) is 12.7. The molecule has 1 fully saturated rings. The minimum absolute atomic E-state index is 0.337. The number of hydrogen-bond donors (Lipinski definition) is 1. The Balaban J connectivity index is 1.71. The second-order valence-corrected chi connectivity index (χ2v) is 7.43. The number of hydrogen-bond acceptors (Lipinski definition) is 4. The average molecular weight is 364 g/mol. The average Bonchev–Trinajstić information content (AvgIpc) is 3.40. The van der Waals surface area contributed by atoms with Crippen LogP contribution in [-0.2, 0) is 13.1 Å². The fourth-order valence-corrected chi connectivity index (χ4v) is 4.05. The van der Waals surface area contributed by atoms with Crippen LogP contribution < -0.4 is 4.90 Å². The van der Waals surface area contributed by atoms with Crippen molar-refractivity contribution >= 4 is 23.3 Å². The third-order valence-corrected chi connectivity index (χ3v) is 5.46. The molecule has 2 aromatic carbocycles. The van der Waals surface area contributed by atoms with E-state index in [-0.39, 0.29) is 0 Å². The molecule has 4 rings (SSSR count). The maximum atomic E-state index is 11.7.